The molecule has 0 fully saturated rings. The fraction of sp³-hybridized carbons (Fsp3) is 0.211. The summed E-state index contributed by atoms with van der Waals surface area (Å²) in [6, 6.07) is 12.2. The Morgan fingerprint density at radius 3 is 2.76 bits per heavy atom. The van der Waals surface area contributed by atoms with Crippen LogP contribution < -0.4 is 0 Å². The van der Waals surface area contributed by atoms with Gasteiger partial charge >= 0.3 is 0 Å². The van der Waals surface area contributed by atoms with E-state index in [-0.39, 0.29) is 18.3 Å². The van der Waals surface area contributed by atoms with Crippen molar-refractivity contribution in [3.8, 4) is 0 Å². The molecule has 1 aromatic heterocycles. The summed E-state index contributed by atoms with van der Waals surface area (Å²) in [5.41, 5.74) is 1.53. The molecular formula is C19H17ClFNO2S. The highest BCUT2D eigenvalue weighted by Crippen LogP contribution is 2.34. The largest absolute Gasteiger partial charge is 0.380 e. The van der Waals surface area contributed by atoms with Gasteiger partial charge in [0.25, 0.3) is 5.91 Å². The Morgan fingerprint density at radius 1 is 1.28 bits per heavy atom. The lowest BCUT2D eigenvalue weighted by Gasteiger charge is -2.17. The standard InChI is InChI=1S/C19H17ClFNO2S/c1-22(10-12-5-3-6-13(20)9-12)19(23)18-14(11-24-2)17-15(21)7-4-8-16(17)25-18/h3-9H,10-11H2,1-2H3. The third-order valence-corrected chi connectivity index (χ3v) is 5.32. The molecule has 0 bridgehead atoms. The number of ether oxygens (including phenoxy) is 1. The van der Waals surface area contributed by atoms with Crippen molar-refractivity contribution in [3.05, 3.63) is 69.3 Å². The zero-order chi connectivity index (χ0) is 18.0. The van der Waals surface area contributed by atoms with E-state index >= 15 is 0 Å². The minimum Gasteiger partial charge on any atom is -0.380 e. The maximum absolute atomic E-state index is 14.3. The van der Waals surface area contributed by atoms with Crippen molar-refractivity contribution >= 4 is 38.9 Å². The van der Waals surface area contributed by atoms with E-state index in [2.05, 4.69) is 0 Å². The summed E-state index contributed by atoms with van der Waals surface area (Å²) in [7, 11) is 3.26. The number of carbonyl (C=O) groups excluding carboxylic acids is 1. The highest BCUT2D eigenvalue weighted by Gasteiger charge is 2.23. The SMILES string of the molecule is COCc1c(C(=O)N(C)Cc2cccc(Cl)c2)sc2cccc(F)c12. The molecule has 0 aliphatic heterocycles. The molecule has 0 saturated heterocycles. The third-order valence-electron chi connectivity index (χ3n) is 3.90. The van der Waals surface area contributed by atoms with Gasteiger partial charge in [-0.15, -0.1) is 11.3 Å². The lowest BCUT2D eigenvalue weighted by Crippen LogP contribution is -2.26. The minimum absolute atomic E-state index is 0.160. The van der Waals surface area contributed by atoms with Crippen LogP contribution in [0.3, 0.4) is 0 Å². The van der Waals surface area contributed by atoms with E-state index in [1.165, 1.54) is 24.5 Å². The highest BCUT2D eigenvalue weighted by atomic mass is 35.5. The Balaban J connectivity index is 1.96. The van der Waals surface area contributed by atoms with E-state index in [0.717, 1.165) is 10.3 Å². The summed E-state index contributed by atoms with van der Waals surface area (Å²) in [6.45, 7) is 0.607. The highest BCUT2D eigenvalue weighted by molar-refractivity contribution is 7.21. The Hall–Kier alpha value is -1.95. The Labute approximate surface area is 154 Å². The van der Waals surface area contributed by atoms with Gasteiger partial charge in [-0.2, -0.15) is 0 Å². The molecular weight excluding hydrogens is 361 g/mol. The number of hydrogen-bond donors (Lipinski definition) is 0. The van der Waals surface area contributed by atoms with Crippen LogP contribution in [0.1, 0.15) is 20.8 Å². The number of rotatable bonds is 5. The van der Waals surface area contributed by atoms with E-state index in [0.29, 0.717) is 27.4 Å². The van der Waals surface area contributed by atoms with Crippen LogP contribution in [-0.4, -0.2) is 25.0 Å². The Morgan fingerprint density at radius 2 is 2.04 bits per heavy atom. The summed E-state index contributed by atoms with van der Waals surface area (Å²) in [6.07, 6.45) is 0. The van der Waals surface area contributed by atoms with Crippen molar-refractivity contribution in [2.45, 2.75) is 13.2 Å². The quantitative estimate of drug-likeness (QED) is 0.618. The van der Waals surface area contributed by atoms with Crippen molar-refractivity contribution in [1.29, 1.82) is 0 Å². The molecule has 0 unspecified atom stereocenters. The molecule has 3 aromatic rings. The molecule has 0 spiro atoms. The van der Waals surface area contributed by atoms with Gasteiger partial charge < -0.3 is 9.64 Å². The van der Waals surface area contributed by atoms with Crippen LogP contribution in [-0.2, 0) is 17.9 Å². The molecule has 0 aliphatic carbocycles. The second-order valence-electron chi connectivity index (χ2n) is 5.75. The number of thiophene rings is 1. The molecule has 0 aliphatic rings. The van der Waals surface area contributed by atoms with Gasteiger partial charge in [-0.3, -0.25) is 4.79 Å². The smallest absolute Gasteiger partial charge is 0.264 e. The summed E-state index contributed by atoms with van der Waals surface area (Å²) in [5, 5.41) is 1.09. The molecule has 3 nitrogen and oxygen atoms in total. The maximum atomic E-state index is 14.3. The van der Waals surface area contributed by atoms with Crippen LogP contribution in [0.4, 0.5) is 4.39 Å². The number of hydrogen-bond acceptors (Lipinski definition) is 3. The average molecular weight is 378 g/mol. The molecule has 0 saturated carbocycles. The minimum atomic E-state index is -0.336. The van der Waals surface area contributed by atoms with Crippen molar-refractivity contribution in [3.63, 3.8) is 0 Å². The molecule has 1 heterocycles. The molecule has 0 N–H and O–H groups in total. The molecule has 1 amide bonds. The number of nitrogens with zero attached hydrogens (tertiary/aromatic N) is 1. The maximum Gasteiger partial charge on any atom is 0.264 e. The van der Waals surface area contributed by atoms with Crippen LogP contribution in [0.5, 0.6) is 0 Å². The lowest BCUT2D eigenvalue weighted by atomic mass is 10.1. The van der Waals surface area contributed by atoms with Crippen LogP contribution in [0.25, 0.3) is 10.1 Å². The van der Waals surface area contributed by atoms with Crippen molar-refractivity contribution < 1.29 is 13.9 Å². The van der Waals surface area contributed by atoms with Gasteiger partial charge in [-0.25, -0.2) is 4.39 Å². The number of methoxy groups -OCH3 is 1. The van der Waals surface area contributed by atoms with Gasteiger partial charge in [0, 0.05) is 41.4 Å². The summed E-state index contributed by atoms with van der Waals surface area (Å²) in [4.78, 5) is 15.0. The van der Waals surface area contributed by atoms with E-state index in [4.69, 9.17) is 16.3 Å². The topological polar surface area (TPSA) is 29.5 Å². The van der Waals surface area contributed by atoms with Crippen molar-refractivity contribution in [2.24, 2.45) is 0 Å². The molecule has 3 rings (SSSR count). The van der Waals surface area contributed by atoms with Gasteiger partial charge in [0.15, 0.2) is 0 Å². The summed E-state index contributed by atoms with van der Waals surface area (Å²) in [5.74, 6) is -0.495. The van der Waals surface area contributed by atoms with E-state index < -0.39 is 0 Å². The Bertz CT molecular complexity index is 925. The molecule has 0 atom stereocenters. The summed E-state index contributed by atoms with van der Waals surface area (Å²) < 4.78 is 20.2. The van der Waals surface area contributed by atoms with E-state index in [1.807, 2.05) is 24.3 Å². The lowest BCUT2D eigenvalue weighted by molar-refractivity contribution is 0.0785. The van der Waals surface area contributed by atoms with Gasteiger partial charge in [0.2, 0.25) is 0 Å². The molecule has 0 radical (unpaired) electrons. The van der Waals surface area contributed by atoms with Crippen molar-refractivity contribution in [2.75, 3.05) is 14.2 Å². The first kappa shape index (κ1) is 17.9. The van der Waals surface area contributed by atoms with E-state index in [9.17, 15) is 9.18 Å². The molecule has 130 valence electrons. The van der Waals surface area contributed by atoms with Gasteiger partial charge in [-0.1, -0.05) is 29.8 Å². The average Bonchev–Trinajstić information content (AvgIpc) is 2.94. The molecule has 2 aromatic carbocycles. The third kappa shape index (κ3) is 3.68. The van der Waals surface area contributed by atoms with Crippen molar-refractivity contribution in [1.82, 2.24) is 4.90 Å². The van der Waals surface area contributed by atoms with Crippen LogP contribution in [0, 0.1) is 5.82 Å². The predicted octanol–water partition coefficient (Wildman–Crippen LogP) is 5.11. The zero-order valence-corrected chi connectivity index (χ0v) is 15.5. The second-order valence-corrected chi connectivity index (χ2v) is 7.24. The van der Waals surface area contributed by atoms with Gasteiger partial charge in [-0.05, 0) is 29.8 Å². The number of benzene rings is 2. The number of halogens is 2. The second kappa shape index (κ2) is 7.52. The van der Waals surface area contributed by atoms with E-state index in [1.54, 1.807) is 24.1 Å². The normalized spacial score (nSPS) is 11.0. The number of amides is 1. The number of fused-ring (bicyclic) bond motifs is 1. The Kier molecular flexibility index (Phi) is 5.37. The van der Waals surface area contributed by atoms with Crippen LogP contribution >= 0.6 is 22.9 Å². The predicted molar refractivity (Wildman–Crippen MR) is 99.7 cm³/mol. The molecule has 25 heavy (non-hydrogen) atoms. The fourth-order valence-corrected chi connectivity index (χ4v) is 4.21. The van der Waals surface area contributed by atoms with Gasteiger partial charge in [0.05, 0.1) is 11.5 Å². The first-order valence-corrected chi connectivity index (χ1v) is 8.89. The molecule has 6 heteroatoms. The number of carbonyl (C=O) groups is 1. The van der Waals surface area contributed by atoms with Crippen LogP contribution in [0.15, 0.2) is 42.5 Å². The first-order valence-electron chi connectivity index (χ1n) is 7.70. The monoisotopic (exact) mass is 377 g/mol. The zero-order valence-electron chi connectivity index (χ0n) is 13.9. The van der Waals surface area contributed by atoms with Gasteiger partial charge in [0.1, 0.15) is 5.82 Å². The summed E-state index contributed by atoms with van der Waals surface area (Å²) >= 11 is 7.29. The fourth-order valence-electron chi connectivity index (χ4n) is 2.78. The first-order chi connectivity index (χ1) is 12.0. The van der Waals surface area contributed by atoms with Crippen LogP contribution in [0.2, 0.25) is 5.02 Å².